The largest absolute Gasteiger partial charge is 0.485 e. The summed E-state index contributed by atoms with van der Waals surface area (Å²) >= 11 is 0. The van der Waals surface area contributed by atoms with Gasteiger partial charge < -0.3 is 14.6 Å². The van der Waals surface area contributed by atoms with Crippen LogP contribution in [0.25, 0.3) is 0 Å². The molecule has 1 aromatic heterocycles. The molecule has 0 radical (unpaired) electrons. The van der Waals surface area contributed by atoms with Gasteiger partial charge in [0.25, 0.3) is 5.91 Å². The molecule has 0 saturated heterocycles. The van der Waals surface area contributed by atoms with Gasteiger partial charge in [0.2, 0.25) is 11.7 Å². The number of carbonyl (C=O) groups is 2. The van der Waals surface area contributed by atoms with Crippen LogP contribution in [0, 0.1) is 6.92 Å². The number of anilines is 1. The molecule has 1 amide bonds. The molecule has 0 atom stereocenters. The standard InChI is InChI=1S/C24H19N3O4/c1-16-25-22(27-31-16)15-30-21-13-6-5-12-20(21)24(29)26-19-11-7-10-18(14-19)23(28)17-8-3-2-4-9-17/h2-14H,15H2,1H3,(H,26,29). The van der Waals surface area contributed by atoms with Gasteiger partial charge in [-0.05, 0) is 24.3 Å². The molecule has 4 rings (SSSR count). The van der Waals surface area contributed by atoms with Crippen LogP contribution < -0.4 is 10.1 Å². The molecule has 3 aromatic carbocycles. The molecular weight excluding hydrogens is 394 g/mol. The van der Waals surface area contributed by atoms with E-state index < -0.39 is 0 Å². The van der Waals surface area contributed by atoms with Crippen LogP contribution in [0.4, 0.5) is 5.69 Å². The fourth-order valence-electron chi connectivity index (χ4n) is 3.02. The second kappa shape index (κ2) is 9.04. The molecule has 0 aliphatic carbocycles. The first kappa shape index (κ1) is 20.0. The van der Waals surface area contributed by atoms with E-state index in [2.05, 4.69) is 15.5 Å². The summed E-state index contributed by atoms with van der Waals surface area (Å²) in [5.41, 5.74) is 1.93. The zero-order valence-corrected chi connectivity index (χ0v) is 16.7. The van der Waals surface area contributed by atoms with Crippen molar-refractivity contribution in [2.45, 2.75) is 13.5 Å². The number of benzene rings is 3. The predicted octanol–water partition coefficient (Wildman–Crippen LogP) is 4.44. The van der Waals surface area contributed by atoms with Crippen molar-refractivity contribution in [3.8, 4) is 5.75 Å². The molecule has 0 saturated carbocycles. The Morgan fingerprint density at radius 1 is 0.935 bits per heavy atom. The lowest BCUT2D eigenvalue weighted by Gasteiger charge is -2.11. The minimum absolute atomic E-state index is 0.0721. The molecule has 154 valence electrons. The quantitative estimate of drug-likeness (QED) is 0.450. The SMILES string of the molecule is Cc1nc(COc2ccccc2C(=O)Nc2cccc(C(=O)c3ccccc3)c2)no1. The number of para-hydroxylation sites is 1. The number of hydrogen-bond donors (Lipinski definition) is 1. The van der Waals surface area contributed by atoms with E-state index in [0.29, 0.717) is 39.8 Å². The van der Waals surface area contributed by atoms with E-state index in [0.717, 1.165) is 0 Å². The monoisotopic (exact) mass is 413 g/mol. The Labute approximate surface area is 178 Å². The number of ketones is 1. The zero-order chi connectivity index (χ0) is 21.6. The maximum atomic E-state index is 12.9. The van der Waals surface area contributed by atoms with Crippen molar-refractivity contribution in [3.63, 3.8) is 0 Å². The van der Waals surface area contributed by atoms with Crippen molar-refractivity contribution in [1.29, 1.82) is 0 Å². The molecule has 7 heteroatoms. The van der Waals surface area contributed by atoms with Crippen LogP contribution in [-0.2, 0) is 6.61 Å². The number of nitrogens with zero attached hydrogens (tertiary/aromatic N) is 2. The minimum Gasteiger partial charge on any atom is -0.485 e. The third-order valence-electron chi connectivity index (χ3n) is 4.48. The molecule has 0 fully saturated rings. The fraction of sp³-hybridized carbons (Fsp3) is 0.0833. The van der Waals surface area contributed by atoms with Crippen LogP contribution in [0.1, 0.15) is 38.0 Å². The van der Waals surface area contributed by atoms with Crippen LogP contribution in [-0.4, -0.2) is 21.8 Å². The van der Waals surface area contributed by atoms with E-state index >= 15 is 0 Å². The topological polar surface area (TPSA) is 94.3 Å². The van der Waals surface area contributed by atoms with Crippen molar-refractivity contribution < 1.29 is 18.8 Å². The molecule has 0 spiro atoms. The Morgan fingerprint density at radius 3 is 2.45 bits per heavy atom. The Bertz CT molecular complexity index is 1220. The van der Waals surface area contributed by atoms with Crippen molar-refractivity contribution >= 4 is 17.4 Å². The molecule has 0 bridgehead atoms. The first-order chi connectivity index (χ1) is 15.1. The van der Waals surface area contributed by atoms with Crippen molar-refractivity contribution in [2.24, 2.45) is 0 Å². The zero-order valence-electron chi connectivity index (χ0n) is 16.7. The van der Waals surface area contributed by atoms with Gasteiger partial charge >= 0.3 is 0 Å². The fourth-order valence-corrected chi connectivity index (χ4v) is 3.02. The van der Waals surface area contributed by atoms with Crippen LogP contribution in [0.2, 0.25) is 0 Å². The third kappa shape index (κ3) is 4.84. The predicted molar refractivity (Wildman–Crippen MR) is 114 cm³/mol. The molecule has 1 N–H and O–H groups in total. The van der Waals surface area contributed by atoms with Gasteiger partial charge in [-0.1, -0.05) is 59.8 Å². The highest BCUT2D eigenvalue weighted by molar-refractivity contribution is 6.10. The van der Waals surface area contributed by atoms with E-state index in [9.17, 15) is 9.59 Å². The molecule has 4 aromatic rings. The van der Waals surface area contributed by atoms with Crippen molar-refractivity contribution in [2.75, 3.05) is 5.32 Å². The molecule has 7 nitrogen and oxygen atoms in total. The summed E-state index contributed by atoms with van der Waals surface area (Å²) in [5, 5.41) is 6.61. The number of aryl methyl sites for hydroxylation is 1. The van der Waals surface area contributed by atoms with Gasteiger partial charge in [-0.25, -0.2) is 0 Å². The second-order valence-electron chi connectivity index (χ2n) is 6.74. The van der Waals surface area contributed by atoms with Gasteiger partial charge in [-0.3, -0.25) is 9.59 Å². The Balaban J connectivity index is 1.49. The maximum absolute atomic E-state index is 12.9. The summed E-state index contributed by atoms with van der Waals surface area (Å²) in [7, 11) is 0. The van der Waals surface area contributed by atoms with Gasteiger partial charge in [-0.2, -0.15) is 4.98 Å². The highest BCUT2D eigenvalue weighted by atomic mass is 16.5. The number of nitrogens with one attached hydrogen (secondary N) is 1. The van der Waals surface area contributed by atoms with Crippen molar-refractivity contribution in [3.05, 3.63) is 107 Å². The lowest BCUT2D eigenvalue weighted by atomic mass is 10.0. The third-order valence-corrected chi connectivity index (χ3v) is 4.48. The summed E-state index contributed by atoms with van der Waals surface area (Å²) in [6, 6.07) is 22.7. The number of amides is 1. The first-order valence-corrected chi connectivity index (χ1v) is 9.62. The molecular formula is C24H19N3O4. The molecule has 31 heavy (non-hydrogen) atoms. The number of ether oxygens (including phenoxy) is 1. The van der Waals surface area contributed by atoms with E-state index in [1.54, 1.807) is 67.6 Å². The van der Waals surface area contributed by atoms with E-state index in [1.165, 1.54) is 0 Å². The molecule has 0 unspecified atom stereocenters. The van der Waals surface area contributed by atoms with Crippen LogP contribution in [0.3, 0.4) is 0 Å². The summed E-state index contributed by atoms with van der Waals surface area (Å²) in [6.45, 7) is 1.76. The average molecular weight is 413 g/mol. The molecule has 0 aliphatic rings. The Hall–Kier alpha value is -4.26. The summed E-state index contributed by atoms with van der Waals surface area (Å²) in [6.07, 6.45) is 0. The number of aromatic nitrogens is 2. The van der Waals surface area contributed by atoms with Crippen molar-refractivity contribution in [1.82, 2.24) is 10.1 Å². The highest BCUT2D eigenvalue weighted by Gasteiger charge is 2.15. The Kier molecular flexibility index (Phi) is 5.84. The second-order valence-corrected chi connectivity index (χ2v) is 6.74. The van der Waals surface area contributed by atoms with E-state index in [1.807, 2.05) is 18.2 Å². The number of rotatable bonds is 7. The summed E-state index contributed by atoms with van der Waals surface area (Å²) in [4.78, 5) is 29.6. The van der Waals surface area contributed by atoms with Gasteiger partial charge in [0, 0.05) is 23.7 Å². The number of hydrogen-bond acceptors (Lipinski definition) is 6. The minimum atomic E-state index is -0.357. The van der Waals surface area contributed by atoms with Gasteiger partial charge in [0.15, 0.2) is 12.4 Å². The molecule has 1 heterocycles. The summed E-state index contributed by atoms with van der Waals surface area (Å²) in [5.74, 6) is 0.744. The average Bonchev–Trinajstić information content (AvgIpc) is 3.23. The smallest absolute Gasteiger partial charge is 0.259 e. The molecule has 0 aliphatic heterocycles. The van der Waals surface area contributed by atoms with Crippen LogP contribution in [0.5, 0.6) is 5.75 Å². The van der Waals surface area contributed by atoms with Crippen LogP contribution in [0.15, 0.2) is 83.4 Å². The Morgan fingerprint density at radius 2 is 1.68 bits per heavy atom. The number of carbonyl (C=O) groups excluding carboxylic acids is 2. The lowest BCUT2D eigenvalue weighted by molar-refractivity contribution is 0.101. The van der Waals surface area contributed by atoms with Gasteiger partial charge in [0.05, 0.1) is 5.56 Å². The van der Waals surface area contributed by atoms with Gasteiger partial charge in [0.1, 0.15) is 5.75 Å². The van der Waals surface area contributed by atoms with Crippen LogP contribution >= 0.6 is 0 Å². The van der Waals surface area contributed by atoms with E-state index in [-0.39, 0.29) is 18.3 Å². The summed E-state index contributed by atoms with van der Waals surface area (Å²) < 4.78 is 10.6. The van der Waals surface area contributed by atoms with Gasteiger partial charge in [-0.15, -0.1) is 0 Å². The normalized spacial score (nSPS) is 10.5. The highest BCUT2D eigenvalue weighted by Crippen LogP contribution is 2.22. The lowest BCUT2D eigenvalue weighted by Crippen LogP contribution is -2.14. The van der Waals surface area contributed by atoms with E-state index in [4.69, 9.17) is 9.26 Å². The maximum Gasteiger partial charge on any atom is 0.259 e. The first-order valence-electron chi connectivity index (χ1n) is 9.62.